The molecule has 2 heteroatoms. The lowest BCUT2D eigenvalue weighted by Crippen LogP contribution is -2.32. The molecule has 0 bridgehead atoms. The van der Waals surface area contributed by atoms with E-state index in [-0.39, 0.29) is 5.92 Å². The fraction of sp³-hybridized carbons (Fsp3) is 0.308. The maximum atomic E-state index is 11.2. The number of ketones is 1. The Kier molecular flexibility index (Phi) is 1.93. The Balaban J connectivity index is 2.02. The third-order valence-electron chi connectivity index (χ3n) is 3.34. The van der Waals surface area contributed by atoms with Gasteiger partial charge in [0.2, 0.25) is 0 Å². The zero-order chi connectivity index (χ0) is 10.4. The van der Waals surface area contributed by atoms with E-state index in [1.807, 2.05) is 18.3 Å². The Hall–Kier alpha value is -1.15. The summed E-state index contributed by atoms with van der Waals surface area (Å²) in [7, 11) is 0. The van der Waals surface area contributed by atoms with Crippen LogP contribution in [0.3, 0.4) is 0 Å². The molecule has 0 N–H and O–H groups in total. The topological polar surface area (TPSA) is 17.1 Å². The molecule has 0 amide bonds. The molecule has 2 atom stereocenters. The Morgan fingerprint density at radius 1 is 1.33 bits per heavy atom. The summed E-state index contributed by atoms with van der Waals surface area (Å²) in [5.41, 5.74) is 0. The average Bonchev–Trinajstić information content (AvgIpc) is 2.67. The number of hydrogen-bond donors (Lipinski definition) is 0. The van der Waals surface area contributed by atoms with Crippen LogP contribution in [0, 0.1) is 5.92 Å². The molecule has 0 aliphatic heterocycles. The Bertz CT molecular complexity index is 493. The molecule has 0 radical (unpaired) electrons. The first kappa shape index (κ1) is 9.10. The van der Waals surface area contributed by atoms with Gasteiger partial charge in [0.05, 0.1) is 0 Å². The maximum absolute atomic E-state index is 11.2. The molecule has 15 heavy (non-hydrogen) atoms. The molecule has 0 spiro atoms. The monoisotopic (exact) mass is 216 g/mol. The van der Waals surface area contributed by atoms with Crippen LogP contribution in [0.4, 0.5) is 0 Å². The van der Waals surface area contributed by atoms with E-state index >= 15 is 0 Å². The zero-order valence-electron chi connectivity index (χ0n) is 8.57. The van der Waals surface area contributed by atoms with Crippen molar-refractivity contribution in [3.8, 4) is 0 Å². The molecule has 1 nitrogen and oxygen atoms in total. The van der Waals surface area contributed by atoms with Crippen molar-refractivity contribution >= 4 is 27.2 Å². The van der Waals surface area contributed by atoms with Crippen LogP contribution in [-0.2, 0) is 4.79 Å². The standard InChI is InChI=1S/C13H12OS/c1-8-10(7-11(8)14)13-6-9-4-2-3-5-12(9)15-13/h2-6,8,10H,7H2,1H3. The van der Waals surface area contributed by atoms with Gasteiger partial charge < -0.3 is 0 Å². The minimum absolute atomic E-state index is 0.234. The van der Waals surface area contributed by atoms with Crippen molar-refractivity contribution in [1.29, 1.82) is 0 Å². The molecule has 0 saturated heterocycles. The number of carbonyl (C=O) groups excluding carboxylic acids is 1. The van der Waals surface area contributed by atoms with Crippen LogP contribution in [0.5, 0.6) is 0 Å². The van der Waals surface area contributed by atoms with Crippen LogP contribution in [0.25, 0.3) is 10.1 Å². The van der Waals surface area contributed by atoms with Gasteiger partial charge in [-0.05, 0) is 17.5 Å². The summed E-state index contributed by atoms with van der Waals surface area (Å²) >= 11 is 1.83. The molecule has 1 aromatic carbocycles. The van der Waals surface area contributed by atoms with E-state index in [2.05, 4.69) is 30.3 Å². The van der Waals surface area contributed by atoms with E-state index in [1.54, 1.807) is 0 Å². The van der Waals surface area contributed by atoms with Crippen molar-refractivity contribution in [1.82, 2.24) is 0 Å². The molecular formula is C13H12OS. The van der Waals surface area contributed by atoms with Crippen molar-refractivity contribution in [3.63, 3.8) is 0 Å². The second kappa shape index (κ2) is 3.17. The van der Waals surface area contributed by atoms with Gasteiger partial charge in [0.15, 0.2) is 0 Å². The highest BCUT2D eigenvalue weighted by Crippen LogP contribution is 2.43. The predicted octanol–water partition coefficient (Wildman–Crippen LogP) is 3.59. The Morgan fingerprint density at radius 3 is 2.80 bits per heavy atom. The molecule has 2 aromatic rings. The smallest absolute Gasteiger partial charge is 0.137 e. The zero-order valence-corrected chi connectivity index (χ0v) is 9.38. The summed E-state index contributed by atoms with van der Waals surface area (Å²) < 4.78 is 1.33. The van der Waals surface area contributed by atoms with E-state index < -0.39 is 0 Å². The van der Waals surface area contributed by atoms with E-state index in [9.17, 15) is 4.79 Å². The third kappa shape index (κ3) is 1.32. The summed E-state index contributed by atoms with van der Waals surface area (Å²) in [5, 5.41) is 1.31. The summed E-state index contributed by atoms with van der Waals surface area (Å²) in [5.74, 6) is 1.13. The van der Waals surface area contributed by atoms with Gasteiger partial charge in [0, 0.05) is 27.8 Å². The average molecular weight is 216 g/mol. The Morgan fingerprint density at radius 2 is 2.13 bits per heavy atom. The first-order chi connectivity index (χ1) is 7.25. The molecule has 1 heterocycles. The number of rotatable bonds is 1. The van der Waals surface area contributed by atoms with Gasteiger partial charge in [-0.25, -0.2) is 0 Å². The van der Waals surface area contributed by atoms with Crippen LogP contribution in [0.1, 0.15) is 24.1 Å². The van der Waals surface area contributed by atoms with Crippen molar-refractivity contribution in [2.75, 3.05) is 0 Å². The number of Topliss-reactive ketones (excluding diaryl/α,β-unsaturated/α-hetero) is 1. The maximum Gasteiger partial charge on any atom is 0.137 e. The second-order valence-electron chi connectivity index (χ2n) is 4.25. The molecule has 1 aromatic heterocycles. The predicted molar refractivity (Wildman–Crippen MR) is 63.4 cm³/mol. The molecule has 2 unspecified atom stereocenters. The van der Waals surface area contributed by atoms with Gasteiger partial charge in [-0.2, -0.15) is 0 Å². The lowest BCUT2D eigenvalue weighted by atomic mass is 9.73. The lowest BCUT2D eigenvalue weighted by Gasteiger charge is -2.31. The summed E-state index contributed by atoms with van der Waals surface area (Å²) in [6, 6.07) is 10.7. The van der Waals surface area contributed by atoms with Crippen LogP contribution in [-0.4, -0.2) is 5.78 Å². The quantitative estimate of drug-likeness (QED) is 0.712. The largest absolute Gasteiger partial charge is 0.299 e. The highest BCUT2D eigenvalue weighted by atomic mass is 32.1. The van der Waals surface area contributed by atoms with Crippen molar-refractivity contribution in [3.05, 3.63) is 35.2 Å². The molecular weight excluding hydrogens is 204 g/mol. The normalized spacial score (nSPS) is 25.5. The molecule has 1 aliphatic carbocycles. The van der Waals surface area contributed by atoms with Gasteiger partial charge in [-0.1, -0.05) is 25.1 Å². The van der Waals surface area contributed by atoms with Crippen LogP contribution in [0.15, 0.2) is 30.3 Å². The first-order valence-electron chi connectivity index (χ1n) is 5.27. The fourth-order valence-electron chi connectivity index (χ4n) is 2.18. The van der Waals surface area contributed by atoms with Gasteiger partial charge in [-0.3, -0.25) is 4.79 Å². The number of thiophene rings is 1. The van der Waals surface area contributed by atoms with Crippen molar-refractivity contribution in [2.24, 2.45) is 5.92 Å². The van der Waals surface area contributed by atoms with Gasteiger partial charge in [-0.15, -0.1) is 11.3 Å². The van der Waals surface area contributed by atoms with Crippen molar-refractivity contribution in [2.45, 2.75) is 19.3 Å². The SMILES string of the molecule is CC1C(=O)CC1c1cc2ccccc2s1. The first-order valence-corrected chi connectivity index (χ1v) is 6.08. The Labute approximate surface area is 92.7 Å². The number of hydrogen-bond acceptors (Lipinski definition) is 2. The molecule has 1 saturated carbocycles. The van der Waals surface area contributed by atoms with Gasteiger partial charge >= 0.3 is 0 Å². The highest BCUT2D eigenvalue weighted by Gasteiger charge is 2.37. The van der Waals surface area contributed by atoms with Crippen LogP contribution < -0.4 is 0 Å². The van der Waals surface area contributed by atoms with E-state index in [0.717, 1.165) is 6.42 Å². The van der Waals surface area contributed by atoms with Gasteiger partial charge in [0.1, 0.15) is 5.78 Å². The van der Waals surface area contributed by atoms with Crippen LogP contribution in [0.2, 0.25) is 0 Å². The van der Waals surface area contributed by atoms with E-state index in [4.69, 9.17) is 0 Å². The molecule has 1 aliphatic rings. The highest BCUT2D eigenvalue weighted by molar-refractivity contribution is 7.19. The lowest BCUT2D eigenvalue weighted by molar-refractivity contribution is -0.129. The molecule has 76 valence electrons. The molecule has 3 rings (SSSR count). The summed E-state index contributed by atoms with van der Waals surface area (Å²) in [6.45, 7) is 2.04. The second-order valence-corrected chi connectivity index (χ2v) is 5.37. The number of carbonyl (C=O) groups is 1. The fourth-order valence-corrected chi connectivity index (χ4v) is 3.45. The number of benzene rings is 1. The minimum Gasteiger partial charge on any atom is -0.299 e. The minimum atomic E-state index is 0.234. The van der Waals surface area contributed by atoms with Gasteiger partial charge in [0.25, 0.3) is 0 Å². The van der Waals surface area contributed by atoms with E-state index in [1.165, 1.54) is 15.0 Å². The third-order valence-corrected chi connectivity index (χ3v) is 4.59. The summed E-state index contributed by atoms with van der Waals surface area (Å²) in [4.78, 5) is 12.6. The molecule has 1 fully saturated rings. The van der Waals surface area contributed by atoms with Crippen molar-refractivity contribution < 1.29 is 4.79 Å². The van der Waals surface area contributed by atoms with Crippen LogP contribution >= 0.6 is 11.3 Å². The number of fused-ring (bicyclic) bond motifs is 1. The summed E-state index contributed by atoms with van der Waals surface area (Å²) in [6.07, 6.45) is 0.744. The van der Waals surface area contributed by atoms with E-state index in [0.29, 0.717) is 11.7 Å².